The van der Waals surface area contributed by atoms with Gasteiger partial charge in [-0.2, -0.15) is 0 Å². The number of nitrogens with zero attached hydrogens (tertiary/aromatic N) is 4. The fourth-order valence-electron chi connectivity index (χ4n) is 7.18. The zero-order valence-corrected chi connectivity index (χ0v) is 27.6. The molecule has 0 spiro atoms. The highest BCUT2D eigenvalue weighted by Crippen LogP contribution is 2.56. The highest BCUT2D eigenvalue weighted by Gasteiger charge is 2.54. The maximum atomic E-state index is 14.4. The second kappa shape index (κ2) is 11.8. The highest BCUT2D eigenvalue weighted by molar-refractivity contribution is 8.18. The van der Waals surface area contributed by atoms with Gasteiger partial charge in [-0.15, -0.1) is 0 Å². The molecule has 0 unspecified atom stereocenters. The third-order valence-electron chi connectivity index (χ3n) is 9.03. The Labute approximate surface area is 268 Å². The molecule has 6 rings (SSSR count). The Balaban J connectivity index is 1.37. The number of piperazine rings is 1. The molecule has 43 heavy (non-hydrogen) atoms. The number of thioether (sulfide) groups is 1. The molecule has 0 radical (unpaired) electrons. The van der Waals surface area contributed by atoms with Crippen molar-refractivity contribution >= 4 is 51.9 Å². The molecule has 5 atom stereocenters. The van der Waals surface area contributed by atoms with E-state index in [1.54, 1.807) is 0 Å². The van der Waals surface area contributed by atoms with Crippen molar-refractivity contribution in [3.05, 3.63) is 80.3 Å². The monoisotopic (exact) mass is 639 g/mol. The number of halogens is 2. The number of rotatable bonds is 5. The van der Waals surface area contributed by atoms with Gasteiger partial charge in [-0.05, 0) is 86.7 Å². The predicted octanol–water partition coefficient (Wildman–Crippen LogP) is 6.44. The van der Waals surface area contributed by atoms with Crippen LogP contribution in [0.15, 0.2) is 64.1 Å². The van der Waals surface area contributed by atoms with Crippen LogP contribution in [0.25, 0.3) is 0 Å². The summed E-state index contributed by atoms with van der Waals surface area (Å²) in [5.74, 6) is 0.0435. The lowest BCUT2D eigenvalue weighted by Crippen LogP contribution is -2.59. The van der Waals surface area contributed by atoms with Crippen LogP contribution in [0.4, 0.5) is 0 Å². The summed E-state index contributed by atoms with van der Waals surface area (Å²) in [7, 11) is 0. The van der Waals surface area contributed by atoms with E-state index in [1.807, 2.05) is 58.3 Å². The molecule has 1 N–H and O–H groups in total. The minimum atomic E-state index is -0.628. The molecule has 4 aliphatic heterocycles. The van der Waals surface area contributed by atoms with Gasteiger partial charge in [-0.25, -0.2) is 4.99 Å². The number of carbonyl (C=O) groups excluding carboxylic acids is 2. The standard InChI is InChI=1S/C33H39Cl2N5O2S/c1-19(2)27-28(31(42)39-16-6-7-26(39)30(41)38-17-20(3)36-21(4)18-38)43-32-37-33(5,23-10-14-25(35)15-11-23)29(40(27)32)22-8-12-24(34)13-9-22/h8-15,19-21,26,29,36H,6-7,16-18H2,1-5H3/t20-,21+,26-,29+,33-/m0/s1. The molecule has 2 aromatic rings. The quantitative estimate of drug-likeness (QED) is 0.408. The third-order valence-corrected chi connectivity index (χ3v) is 10.6. The van der Waals surface area contributed by atoms with Gasteiger partial charge in [0.05, 0.1) is 6.04 Å². The molecule has 2 amide bonds. The first kappa shape index (κ1) is 30.5. The van der Waals surface area contributed by atoms with Crippen LogP contribution in [0.2, 0.25) is 10.0 Å². The molecule has 2 fully saturated rings. The summed E-state index contributed by atoms with van der Waals surface area (Å²) in [4.78, 5) is 40.2. The minimum absolute atomic E-state index is 0.0492. The maximum Gasteiger partial charge on any atom is 0.263 e. The Hall–Kier alpha value is -2.52. The average molecular weight is 641 g/mol. The summed E-state index contributed by atoms with van der Waals surface area (Å²) in [6.07, 6.45) is 1.51. The molecule has 4 heterocycles. The second-order valence-electron chi connectivity index (χ2n) is 12.7. The van der Waals surface area contributed by atoms with Crippen LogP contribution in [0, 0.1) is 5.92 Å². The number of likely N-dealkylation sites (tertiary alicyclic amines) is 1. The summed E-state index contributed by atoms with van der Waals surface area (Å²) >= 11 is 14.0. The first-order valence-electron chi connectivity index (χ1n) is 15.2. The van der Waals surface area contributed by atoms with E-state index in [0.29, 0.717) is 41.0 Å². The summed E-state index contributed by atoms with van der Waals surface area (Å²) in [5.41, 5.74) is 2.43. The molecule has 0 bridgehead atoms. The smallest absolute Gasteiger partial charge is 0.263 e. The molecule has 2 aromatic carbocycles. The Bertz CT molecular complexity index is 1470. The summed E-state index contributed by atoms with van der Waals surface area (Å²) < 4.78 is 0. The lowest BCUT2D eigenvalue weighted by Gasteiger charge is -2.39. The zero-order chi connectivity index (χ0) is 30.6. The molecule has 228 valence electrons. The topological polar surface area (TPSA) is 68.2 Å². The average Bonchev–Trinajstić information content (AvgIpc) is 3.65. The SMILES string of the molecule is CC(C)C1=C(C(=O)N2CCC[C@H]2C(=O)N2C[C@@H](C)N[C@@H](C)C2)SC2=N[C@@](C)(c3ccc(Cl)cc3)[C@@H](c3ccc(Cl)cc3)N21. The summed E-state index contributed by atoms with van der Waals surface area (Å²) in [5, 5.41) is 5.64. The van der Waals surface area contributed by atoms with Gasteiger partial charge in [0, 0.05) is 47.5 Å². The molecule has 4 aliphatic rings. The van der Waals surface area contributed by atoms with Gasteiger partial charge in [0.1, 0.15) is 16.5 Å². The third kappa shape index (κ3) is 5.49. The fraction of sp³-hybridized carbons (Fsp3) is 0.485. The van der Waals surface area contributed by atoms with E-state index in [0.717, 1.165) is 28.4 Å². The number of amidine groups is 1. The molecule has 0 aromatic heterocycles. The van der Waals surface area contributed by atoms with Crippen molar-refractivity contribution < 1.29 is 9.59 Å². The largest absolute Gasteiger partial charge is 0.338 e. The van der Waals surface area contributed by atoms with Crippen molar-refractivity contribution in [3.63, 3.8) is 0 Å². The Kier molecular flexibility index (Phi) is 8.35. The first-order chi connectivity index (χ1) is 20.5. The normalized spacial score (nSPS) is 29.0. The van der Waals surface area contributed by atoms with Crippen molar-refractivity contribution in [2.45, 2.75) is 77.2 Å². The number of carbonyl (C=O) groups is 2. The Morgan fingerprint density at radius 2 is 1.60 bits per heavy atom. The van der Waals surface area contributed by atoms with Gasteiger partial charge in [0.25, 0.3) is 5.91 Å². The maximum absolute atomic E-state index is 14.4. The number of hydrogen-bond donors (Lipinski definition) is 1. The number of benzene rings is 2. The van der Waals surface area contributed by atoms with Crippen LogP contribution >= 0.6 is 35.0 Å². The first-order valence-corrected chi connectivity index (χ1v) is 16.7. The van der Waals surface area contributed by atoms with Crippen LogP contribution in [0.5, 0.6) is 0 Å². The molecule has 0 aliphatic carbocycles. The van der Waals surface area contributed by atoms with E-state index in [4.69, 9.17) is 28.2 Å². The molecule has 7 nitrogen and oxygen atoms in total. The number of amides is 2. The molecular formula is C33H39Cl2N5O2S. The Morgan fingerprint density at radius 3 is 2.21 bits per heavy atom. The van der Waals surface area contributed by atoms with Gasteiger partial charge >= 0.3 is 0 Å². The van der Waals surface area contributed by atoms with Gasteiger partial charge in [0.15, 0.2) is 5.17 Å². The molecule has 2 saturated heterocycles. The minimum Gasteiger partial charge on any atom is -0.338 e. The van der Waals surface area contributed by atoms with Crippen molar-refractivity contribution in [3.8, 4) is 0 Å². The van der Waals surface area contributed by atoms with Crippen LogP contribution in [-0.2, 0) is 15.1 Å². The fourth-order valence-corrected chi connectivity index (χ4v) is 8.79. The van der Waals surface area contributed by atoms with E-state index in [1.165, 1.54) is 11.8 Å². The van der Waals surface area contributed by atoms with Crippen molar-refractivity contribution in [1.29, 1.82) is 0 Å². The van der Waals surface area contributed by atoms with Crippen molar-refractivity contribution in [2.24, 2.45) is 10.9 Å². The van der Waals surface area contributed by atoms with Gasteiger partial charge in [0.2, 0.25) is 5.91 Å². The van der Waals surface area contributed by atoms with E-state index >= 15 is 0 Å². The van der Waals surface area contributed by atoms with Crippen molar-refractivity contribution in [1.82, 2.24) is 20.0 Å². The molecular weight excluding hydrogens is 601 g/mol. The summed E-state index contributed by atoms with van der Waals surface area (Å²) in [6, 6.07) is 15.6. The van der Waals surface area contributed by atoms with E-state index in [2.05, 4.69) is 44.8 Å². The van der Waals surface area contributed by atoms with Crippen molar-refractivity contribution in [2.75, 3.05) is 19.6 Å². The van der Waals surface area contributed by atoms with Crippen LogP contribution in [0.3, 0.4) is 0 Å². The van der Waals surface area contributed by atoms with E-state index in [-0.39, 0.29) is 35.9 Å². The van der Waals surface area contributed by atoms with Gasteiger partial charge in [-0.1, -0.05) is 61.3 Å². The molecule has 10 heteroatoms. The predicted molar refractivity (Wildman–Crippen MR) is 175 cm³/mol. The van der Waals surface area contributed by atoms with Crippen LogP contribution in [-0.4, -0.2) is 69.4 Å². The van der Waals surface area contributed by atoms with E-state index < -0.39 is 11.6 Å². The Morgan fingerprint density at radius 1 is 1.00 bits per heavy atom. The molecule has 0 saturated carbocycles. The lowest BCUT2D eigenvalue weighted by atomic mass is 9.81. The lowest BCUT2D eigenvalue weighted by molar-refractivity contribution is -0.143. The van der Waals surface area contributed by atoms with Gasteiger partial charge < -0.3 is 20.0 Å². The number of fused-ring (bicyclic) bond motifs is 1. The number of aliphatic imine (C=N–C) groups is 1. The second-order valence-corrected chi connectivity index (χ2v) is 14.6. The van der Waals surface area contributed by atoms with Gasteiger partial charge in [-0.3, -0.25) is 9.59 Å². The number of allylic oxidation sites excluding steroid dienone is 1. The number of nitrogens with one attached hydrogen (secondary N) is 1. The summed E-state index contributed by atoms with van der Waals surface area (Å²) in [6.45, 7) is 12.5. The number of hydrogen-bond acceptors (Lipinski definition) is 6. The zero-order valence-electron chi connectivity index (χ0n) is 25.3. The van der Waals surface area contributed by atoms with E-state index in [9.17, 15) is 9.59 Å². The van der Waals surface area contributed by atoms with Crippen LogP contribution in [0.1, 0.15) is 64.6 Å². The van der Waals surface area contributed by atoms with Crippen LogP contribution < -0.4 is 5.32 Å². The highest BCUT2D eigenvalue weighted by atomic mass is 35.5.